The standard InChI is InChI=1S/C25H36N2O3/c1-7-29-23-15-20(16-26-19(3)25(4,5)6)13-14-22(23)30-17-24(28)27-18(2)21-11-9-8-10-12-21/h8-15,18-19,26H,7,16-17H2,1-6H3,(H,27,28)/t18-,19-/m1/s1. The average Bonchev–Trinajstić information content (AvgIpc) is 2.71. The molecule has 0 fully saturated rings. The lowest BCUT2D eigenvalue weighted by atomic mass is 9.88. The van der Waals surface area contributed by atoms with Crippen LogP contribution in [-0.4, -0.2) is 25.2 Å². The first kappa shape index (κ1) is 23.7. The number of amides is 1. The molecule has 0 aliphatic heterocycles. The van der Waals surface area contributed by atoms with Gasteiger partial charge in [0.15, 0.2) is 18.1 Å². The monoisotopic (exact) mass is 412 g/mol. The predicted octanol–water partition coefficient (Wildman–Crippen LogP) is 4.87. The van der Waals surface area contributed by atoms with Crippen LogP contribution in [0.2, 0.25) is 0 Å². The molecule has 5 nitrogen and oxygen atoms in total. The Morgan fingerprint density at radius 2 is 1.70 bits per heavy atom. The first-order chi connectivity index (χ1) is 14.2. The van der Waals surface area contributed by atoms with Gasteiger partial charge in [-0.2, -0.15) is 0 Å². The summed E-state index contributed by atoms with van der Waals surface area (Å²) in [7, 11) is 0. The summed E-state index contributed by atoms with van der Waals surface area (Å²) in [6, 6.07) is 16.0. The van der Waals surface area contributed by atoms with Gasteiger partial charge in [-0.05, 0) is 49.4 Å². The molecule has 5 heteroatoms. The molecule has 2 N–H and O–H groups in total. The highest BCUT2D eigenvalue weighted by Crippen LogP contribution is 2.29. The maximum atomic E-state index is 12.3. The molecule has 30 heavy (non-hydrogen) atoms. The van der Waals surface area contributed by atoms with Crippen LogP contribution in [0.15, 0.2) is 48.5 Å². The van der Waals surface area contributed by atoms with E-state index >= 15 is 0 Å². The van der Waals surface area contributed by atoms with Gasteiger partial charge in [0, 0.05) is 12.6 Å². The molecule has 0 heterocycles. The molecule has 0 unspecified atom stereocenters. The van der Waals surface area contributed by atoms with Crippen LogP contribution in [0.4, 0.5) is 0 Å². The van der Waals surface area contributed by atoms with Crippen molar-refractivity contribution >= 4 is 5.91 Å². The van der Waals surface area contributed by atoms with E-state index in [9.17, 15) is 4.79 Å². The normalized spacial score (nSPS) is 13.4. The predicted molar refractivity (Wildman–Crippen MR) is 122 cm³/mol. The summed E-state index contributed by atoms with van der Waals surface area (Å²) in [6.45, 7) is 14.0. The van der Waals surface area contributed by atoms with E-state index in [2.05, 4.69) is 38.3 Å². The summed E-state index contributed by atoms with van der Waals surface area (Å²) >= 11 is 0. The molecule has 0 saturated heterocycles. The fourth-order valence-electron chi connectivity index (χ4n) is 2.88. The van der Waals surface area contributed by atoms with Gasteiger partial charge >= 0.3 is 0 Å². The van der Waals surface area contributed by atoms with Crippen LogP contribution in [0.3, 0.4) is 0 Å². The molecule has 2 atom stereocenters. The van der Waals surface area contributed by atoms with E-state index in [1.807, 2.05) is 62.4 Å². The molecule has 0 aromatic heterocycles. The number of benzene rings is 2. The van der Waals surface area contributed by atoms with Gasteiger partial charge in [0.05, 0.1) is 12.6 Å². The lowest BCUT2D eigenvalue weighted by Gasteiger charge is -2.28. The topological polar surface area (TPSA) is 59.6 Å². The third-order valence-corrected chi connectivity index (χ3v) is 5.26. The third kappa shape index (κ3) is 7.38. The molecule has 2 rings (SSSR count). The number of ether oxygens (including phenoxy) is 2. The van der Waals surface area contributed by atoms with Gasteiger partial charge in [-0.3, -0.25) is 4.79 Å². The molecule has 2 aromatic rings. The van der Waals surface area contributed by atoms with Crippen molar-refractivity contribution in [2.24, 2.45) is 5.41 Å². The van der Waals surface area contributed by atoms with Crippen LogP contribution in [0.25, 0.3) is 0 Å². The van der Waals surface area contributed by atoms with Crippen molar-refractivity contribution in [3.05, 3.63) is 59.7 Å². The fourth-order valence-corrected chi connectivity index (χ4v) is 2.88. The lowest BCUT2D eigenvalue weighted by Crippen LogP contribution is -2.37. The summed E-state index contributed by atoms with van der Waals surface area (Å²) in [6.07, 6.45) is 0. The zero-order valence-corrected chi connectivity index (χ0v) is 19.1. The SMILES string of the molecule is CCOc1cc(CN[C@H](C)C(C)(C)C)ccc1OCC(=O)N[C@H](C)c1ccccc1. The second kappa shape index (κ2) is 11.0. The largest absolute Gasteiger partial charge is 0.490 e. The summed E-state index contributed by atoms with van der Waals surface area (Å²) in [4.78, 5) is 12.3. The van der Waals surface area contributed by atoms with Crippen molar-refractivity contribution < 1.29 is 14.3 Å². The zero-order chi connectivity index (χ0) is 22.1. The van der Waals surface area contributed by atoms with Crippen LogP contribution in [0.5, 0.6) is 11.5 Å². The summed E-state index contributed by atoms with van der Waals surface area (Å²) in [5.74, 6) is 1.06. The Bertz CT molecular complexity index is 800. The van der Waals surface area contributed by atoms with Crippen LogP contribution in [-0.2, 0) is 11.3 Å². The van der Waals surface area contributed by atoms with E-state index < -0.39 is 0 Å². The highest BCUT2D eigenvalue weighted by Gasteiger charge is 2.19. The molecule has 0 aliphatic carbocycles. The Morgan fingerprint density at radius 1 is 1.00 bits per heavy atom. The Morgan fingerprint density at radius 3 is 2.33 bits per heavy atom. The minimum Gasteiger partial charge on any atom is -0.490 e. The maximum Gasteiger partial charge on any atom is 0.258 e. The molecular weight excluding hydrogens is 376 g/mol. The van der Waals surface area contributed by atoms with Gasteiger partial charge in [0.1, 0.15) is 0 Å². The zero-order valence-electron chi connectivity index (χ0n) is 19.1. The Labute approximate surface area is 181 Å². The molecular formula is C25H36N2O3. The van der Waals surface area contributed by atoms with E-state index in [0.717, 1.165) is 17.7 Å². The van der Waals surface area contributed by atoms with E-state index in [0.29, 0.717) is 24.1 Å². The molecule has 0 spiro atoms. The quantitative estimate of drug-likeness (QED) is 0.585. The third-order valence-electron chi connectivity index (χ3n) is 5.26. The van der Waals surface area contributed by atoms with Crippen LogP contribution in [0, 0.1) is 5.41 Å². The molecule has 2 aromatic carbocycles. The fraction of sp³-hybridized carbons (Fsp3) is 0.480. The van der Waals surface area contributed by atoms with Crippen molar-refractivity contribution in [1.29, 1.82) is 0 Å². The highest BCUT2D eigenvalue weighted by atomic mass is 16.5. The molecule has 0 saturated carbocycles. The van der Waals surface area contributed by atoms with Crippen molar-refractivity contribution in [2.45, 2.75) is 60.2 Å². The minimum absolute atomic E-state index is 0.0596. The van der Waals surface area contributed by atoms with Crippen LogP contribution in [0.1, 0.15) is 58.7 Å². The van der Waals surface area contributed by atoms with Crippen molar-refractivity contribution in [3.63, 3.8) is 0 Å². The second-order valence-electron chi connectivity index (χ2n) is 8.67. The average molecular weight is 413 g/mol. The van der Waals surface area contributed by atoms with Crippen molar-refractivity contribution in [2.75, 3.05) is 13.2 Å². The van der Waals surface area contributed by atoms with Gasteiger partial charge in [0.2, 0.25) is 0 Å². The number of nitrogens with one attached hydrogen (secondary N) is 2. The van der Waals surface area contributed by atoms with Gasteiger partial charge in [0.25, 0.3) is 5.91 Å². The first-order valence-corrected chi connectivity index (χ1v) is 10.7. The number of rotatable bonds is 10. The summed E-state index contributed by atoms with van der Waals surface area (Å²) in [5.41, 5.74) is 2.36. The molecule has 0 bridgehead atoms. The number of carbonyl (C=O) groups excluding carboxylic acids is 1. The molecule has 0 radical (unpaired) electrons. The smallest absolute Gasteiger partial charge is 0.258 e. The highest BCUT2D eigenvalue weighted by molar-refractivity contribution is 5.78. The summed E-state index contributed by atoms with van der Waals surface area (Å²) < 4.78 is 11.5. The number of hydrogen-bond donors (Lipinski definition) is 2. The van der Waals surface area contributed by atoms with E-state index in [1.54, 1.807) is 0 Å². The van der Waals surface area contributed by atoms with Crippen LogP contribution >= 0.6 is 0 Å². The van der Waals surface area contributed by atoms with E-state index in [1.165, 1.54) is 0 Å². The molecule has 164 valence electrons. The van der Waals surface area contributed by atoms with Gasteiger partial charge in [-0.15, -0.1) is 0 Å². The van der Waals surface area contributed by atoms with Crippen LogP contribution < -0.4 is 20.1 Å². The maximum absolute atomic E-state index is 12.3. The van der Waals surface area contributed by atoms with Crippen molar-refractivity contribution in [3.8, 4) is 11.5 Å². The van der Waals surface area contributed by atoms with Gasteiger partial charge < -0.3 is 20.1 Å². The molecule has 0 aliphatic rings. The number of carbonyl (C=O) groups is 1. The van der Waals surface area contributed by atoms with Gasteiger partial charge in [-0.25, -0.2) is 0 Å². The van der Waals surface area contributed by atoms with E-state index in [4.69, 9.17) is 9.47 Å². The Kier molecular flexibility index (Phi) is 8.72. The van der Waals surface area contributed by atoms with Gasteiger partial charge in [-0.1, -0.05) is 57.2 Å². The summed E-state index contributed by atoms with van der Waals surface area (Å²) in [5, 5.41) is 6.52. The second-order valence-corrected chi connectivity index (χ2v) is 8.67. The van der Waals surface area contributed by atoms with Crippen molar-refractivity contribution in [1.82, 2.24) is 10.6 Å². The first-order valence-electron chi connectivity index (χ1n) is 10.7. The van der Waals surface area contributed by atoms with E-state index in [-0.39, 0.29) is 24.0 Å². The molecule has 1 amide bonds. The Hall–Kier alpha value is -2.53. The Balaban J connectivity index is 1.95. The number of hydrogen-bond acceptors (Lipinski definition) is 4. The lowest BCUT2D eigenvalue weighted by molar-refractivity contribution is -0.123. The minimum atomic E-state index is -0.168.